The van der Waals surface area contributed by atoms with Crippen LogP contribution in [-0.2, 0) is 17.6 Å². The van der Waals surface area contributed by atoms with Crippen LogP contribution in [0.3, 0.4) is 0 Å². The number of phenols is 1. The summed E-state index contributed by atoms with van der Waals surface area (Å²) in [5, 5.41) is 19.8. The first-order valence-electron chi connectivity index (χ1n) is 11.3. The maximum Gasteiger partial charge on any atom is 0.341 e. The Kier molecular flexibility index (Phi) is 10.2. The first kappa shape index (κ1) is 26.7. The number of carbonyl (C=O) groups is 1. The lowest BCUT2D eigenvalue weighted by Gasteiger charge is -2.20. The molecule has 2 rings (SSSR count). The molecule has 33 heavy (non-hydrogen) atoms. The molecule has 0 heterocycles. The molecular formula is C26H35ClO6. The quantitative estimate of drug-likeness (QED) is 0.329. The van der Waals surface area contributed by atoms with Crippen molar-refractivity contribution < 1.29 is 29.2 Å². The van der Waals surface area contributed by atoms with Gasteiger partial charge in [0.25, 0.3) is 0 Å². The van der Waals surface area contributed by atoms with Crippen LogP contribution in [0.2, 0.25) is 5.02 Å². The second-order valence-corrected chi connectivity index (χ2v) is 9.59. The van der Waals surface area contributed by atoms with Crippen molar-refractivity contribution in [1.82, 2.24) is 0 Å². The molecule has 0 bridgehead atoms. The molecule has 0 atom stereocenters. The molecule has 0 spiro atoms. The Bertz CT molecular complexity index is 920. The van der Waals surface area contributed by atoms with E-state index in [9.17, 15) is 9.90 Å². The van der Waals surface area contributed by atoms with Gasteiger partial charge in [0.05, 0.1) is 18.2 Å². The Hall–Kier alpha value is -2.60. The van der Waals surface area contributed by atoms with Gasteiger partial charge in [0.15, 0.2) is 6.61 Å². The summed E-state index contributed by atoms with van der Waals surface area (Å²) in [6.45, 7) is 9.09. The van der Waals surface area contributed by atoms with Gasteiger partial charge in [-0.25, -0.2) is 4.79 Å². The smallest absolute Gasteiger partial charge is 0.341 e. The normalized spacial score (nSPS) is 11.3. The van der Waals surface area contributed by atoms with E-state index in [0.717, 1.165) is 36.8 Å². The molecule has 0 aliphatic rings. The second kappa shape index (κ2) is 12.6. The molecule has 0 saturated carbocycles. The lowest BCUT2D eigenvalue weighted by molar-refractivity contribution is -0.139. The van der Waals surface area contributed by atoms with Crippen molar-refractivity contribution in [2.45, 2.75) is 59.8 Å². The number of aromatic hydroxyl groups is 1. The highest BCUT2D eigenvalue weighted by Crippen LogP contribution is 2.35. The Morgan fingerprint density at radius 2 is 1.67 bits per heavy atom. The number of carboxylic acid groups (broad SMARTS) is 1. The molecule has 0 saturated heterocycles. The van der Waals surface area contributed by atoms with E-state index in [2.05, 4.69) is 27.7 Å². The zero-order chi connectivity index (χ0) is 24.4. The summed E-state index contributed by atoms with van der Waals surface area (Å²) in [7, 11) is 0. The number of rotatable bonds is 13. The standard InChI is InChI=1S/C26H35ClO6/c1-5-7-20-22(10-8-18(25(20)30)12-13-26(2,3)4)31-14-6-15-32-23-11-9-19(16-21(23)27)33-17-24(28)29/h8-11,16,30H,5-7,12-15,17H2,1-4H3,(H,28,29). The maximum atomic E-state index is 10.8. The maximum absolute atomic E-state index is 10.8. The van der Waals surface area contributed by atoms with E-state index in [1.165, 1.54) is 6.07 Å². The molecule has 0 amide bonds. The summed E-state index contributed by atoms with van der Waals surface area (Å²) < 4.78 is 16.8. The number of halogens is 1. The van der Waals surface area contributed by atoms with Crippen molar-refractivity contribution in [2.75, 3.05) is 19.8 Å². The molecule has 0 unspecified atom stereocenters. The van der Waals surface area contributed by atoms with E-state index in [-0.39, 0.29) is 5.41 Å². The van der Waals surface area contributed by atoms with E-state index in [1.807, 2.05) is 12.1 Å². The summed E-state index contributed by atoms with van der Waals surface area (Å²) in [6.07, 6.45) is 4.14. The molecular weight excluding hydrogens is 444 g/mol. The molecule has 0 aliphatic heterocycles. The summed E-state index contributed by atoms with van der Waals surface area (Å²) in [5.41, 5.74) is 2.04. The monoisotopic (exact) mass is 478 g/mol. The lowest BCUT2D eigenvalue weighted by atomic mass is 9.88. The zero-order valence-corrected chi connectivity index (χ0v) is 20.7. The highest BCUT2D eigenvalue weighted by Gasteiger charge is 2.16. The number of aliphatic carboxylic acids is 1. The minimum absolute atomic E-state index is 0.210. The molecule has 182 valence electrons. The van der Waals surface area contributed by atoms with Crippen molar-refractivity contribution in [1.29, 1.82) is 0 Å². The van der Waals surface area contributed by atoms with Crippen LogP contribution in [0.5, 0.6) is 23.0 Å². The predicted octanol–water partition coefficient (Wildman–Crippen LogP) is 6.29. The van der Waals surface area contributed by atoms with Gasteiger partial charge in [0, 0.05) is 18.1 Å². The van der Waals surface area contributed by atoms with Crippen molar-refractivity contribution in [3.8, 4) is 23.0 Å². The summed E-state index contributed by atoms with van der Waals surface area (Å²) >= 11 is 6.18. The van der Waals surface area contributed by atoms with Gasteiger partial charge in [0.1, 0.15) is 23.0 Å². The highest BCUT2D eigenvalue weighted by molar-refractivity contribution is 6.32. The predicted molar refractivity (Wildman–Crippen MR) is 130 cm³/mol. The molecule has 2 N–H and O–H groups in total. The third-order valence-corrected chi connectivity index (χ3v) is 5.33. The van der Waals surface area contributed by atoms with Crippen molar-refractivity contribution >= 4 is 17.6 Å². The summed E-state index contributed by atoms with van der Waals surface area (Å²) in [6, 6.07) is 8.70. The number of carboxylic acids is 1. The van der Waals surface area contributed by atoms with E-state index in [1.54, 1.807) is 12.1 Å². The Balaban J connectivity index is 1.88. The molecule has 2 aromatic carbocycles. The summed E-state index contributed by atoms with van der Waals surface area (Å²) in [4.78, 5) is 10.6. The summed E-state index contributed by atoms with van der Waals surface area (Å²) in [5.74, 6) is 0.874. The number of benzene rings is 2. The van der Waals surface area contributed by atoms with Crippen LogP contribution >= 0.6 is 11.6 Å². The van der Waals surface area contributed by atoms with Crippen LogP contribution in [0.25, 0.3) is 0 Å². The minimum Gasteiger partial charge on any atom is -0.507 e. The molecule has 0 fully saturated rings. The SMILES string of the molecule is CCCc1c(OCCCOc2ccc(OCC(=O)O)cc2Cl)ccc(CCC(C)(C)C)c1O. The second-order valence-electron chi connectivity index (χ2n) is 9.19. The van der Waals surface area contributed by atoms with E-state index in [0.29, 0.717) is 47.7 Å². The van der Waals surface area contributed by atoms with Gasteiger partial charge in [-0.2, -0.15) is 0 Å². The Labute approximate surface area is 201 Å². The number of aryl methyl sites for hydroxylation is 1. The Morgan fingerprint density at radius 1 is 1.00 bits per heavy atom. The fourth-order valence-electron chi connectivity index (χ4n) is 3.26. The van der Waals surface area contributed by atoms with Crippen LogP contribution in [0.1, 0.15) is 58.1 Å². The van der Waals surface area contributed by atoms with Crippen LogP contribution in [-0.4, -0.2) is 36.0 Å². The van der Waals surface area contributed by atoms with Gasteiger partial charge >= 0.3 is 5.97 Å². The highest BCUT2D eigenvalue weighted by atomic mass is 35.5. The number of phenolic OH excluding ortho intramolecular Hbond substituents is 1. The minimum atomic E-state index is -1.05. The molecule has 2 aromatic rings. The first-order valence-corrected chi connectivity index (χ1v) is 11.7. The average molecular weight is 479 g/mol. The fourth-order valence-corrected chi connectivity index (χ4v) is 3.49. The number of hydrogen-bond donors (Lipinski definition) is 2. The van der Waals surface area contributed by atoms with Gasteiger partial charge in [-0.3, -0.25) is 0 Å². The van der Waals surface area contributed by atoms with E-state index >= 15 is 0 Å². The third-order valence-electron chi connectivity index (χ3n) is 5.04. The first-order chi connectivity index (χ1) is 15.6. The largest absolute Gasteiger partial charge is 0.507 e. The van der Waals surface area contributed by atoms with Gasteiger partial charge in [-0.1, -0.05) is 51.8 Å². The topological polar surface area (TPSA) is 85.2 Å². The van der Waals surface area contributed by atoms with Crippen molar-refractivity contribution in [2.24, 2.45) is 5.41 Å². The molecule has 0 aromatic heterocycles. The van der Waals surface area contributed by atoms with Crippen molar-refractivity contribution in [3.05, 3.63) is 46.5 Å². The van der Waals surface area contributed by atoms with Crippen LogP contribution < -0.4 is 14.2 Å². The molecule has 0 radical (unpaired) electrons. The van der Waals surface area contributed by atoms with Gasteiger partial charge < -0.3 is 24.4 Å². The average Bonchev–Trinajstić information content (AvgIpc) is 2.74. The van der Waals surface area contributed by atoms with Crippen LogP contribution in [0.15, 0.2) is 30.3 Å². The molecule has 0 aliphatic carbocycles. The Morgan fingerprint density at radius 3 is 2.27 bits per heavy atom. The lowest BCUT2D eigenvalue weighted by Crippen LogP contribution is -2.09. The molecule has 6 nitrogen and oxygen atoms in total. The van der Waals surface area contributed by atoms with E-state index in [4.69, 9.17) is 30.9 Å². The fraction of sp³-hybridized carbons (Fsp3) is 0.500. The zero-order valence-electron chi connectivity index (χ0n) is 19.9. The molecule has 7 heteroatoms. The number of hydrogen-bond acceptors (Lipinski definition) is 5. The van der Waals surface area contributed by atoms with Crippen molar-refractivity contribution in [3.63, 3.8) is 0 Å². The van der Waals surface area contributed by atoms with E-state index < -0.39 is 12.6 Å². The van der Waals surface area contributed by atoms with Gasteiger partial charge in [0.2, 0.25) is 0 Å². The third kappa shape index (κ3) is 9.04. The van der Waals surface area contributed by atoms with Gasteiger partial charge in [-0.15, -0.1) is 0 Å². The van der Waals surface area contributed by atoms with Crippen LogP contribution in [0, 0.1) is 5.41 Å². The number of ether oxygens (including phenoxy) is 3. The van der Waals surface area contributed by atoms with Crippen LogP contribution in [0.4, 0.5) is 0 Å². The van der Waals surface area contributed by atoms with Gasteiger partial charge in [-0.05, 0) is 48.4 Å².